The predicted molar refractivity (Wildman–Crippen MR) is 140 cm³/mol. The standard InChI is InChI=1S/C32H27NO/c1-22(31(34)28-19-11-13-23-12-5-6-16-25(23)28)33-32(24-14-3-2-4-15-24)29-20-9-7-17-26(29)27-18-8-10-21-30(27)32/h2-22,31,33-34H,1H3/t22-,31+/m0/s1. The molecule has 0 heterocycles. The Labute approximate surface area is 200 Å². The Morgan fingerprint density at radius 2 is 1.18 bits per heavy atom. The zero-order valence-electron chi connectivity index (χ0n) is 19.1. The Morgan fingerprint density at radius 3 is 1.88 bits per heavy atom. The quantitative estimate of drug-likeness (QED) is 0.313. The fraction of sp³-hybridized carbons (Fsp3) is 0.125. The Kier molecular flexibility index (Phi) is 5.06. The van der Waals surface area contributed by atoms with E-state index < -0.39 is 11.6 Å². The van der Waals surface area contributed by atoms with Gasteiger partial charge in [0.2, 0.25) is 0 Å². The topological polar surface area (TPSA) is 32.3 Å². The lowest BCUT2D eigenvalue weighted by molar-refractivity contribution is 0.126. The molecule has 0 amide bonds. The van der Waals surface area contributed by atoms with Crippen molar-refractivity contribution in [2.24, 2.45) is 0 Å². The SMILES string of the molecule is C[C@H](NC1(c2ccccc2)c2ccccc2-c2ccccc21)[C@@H](O)c1cccc2ccccc12. The molecule has 2 nitrogen and oxygen atoms in total. The van der Waals surface area contributed by atoms with E-state index in [9.17, 15) is 5.11 Å². The average molecular weight is 442 g/mol. The van der Waals surface area contributed by atoms with Crippen LogP contribution in [0, 0.1) is 0 Å². The van der Waals surface area contributed by atoms with Gasteiger partial charge in [-0.15, -0.1) is 0 Å². The van der Waals surface area contributed by atoms with Gasteiger partial charge in [-0.1, -0.05) is 121 Å². The van der Waals surface area contributed by atoms with Crippen LogP contribution in [-0.4, -0.2) is 11.1 Å². The van der Waals surface area contributed by atoms with Crippen LogP contribution < -0.4 is 5.32 Å². The van der Waals surface area contributed by atoms with E-state index in [1.54, 1.807) is 0 Å². The van der Waals surface area contributed by atoms with E-state index in [1.807, 2.05) is 24.3 Å². The van der Waals surface area contributed by atoms with Crippen LogP contribution in [0.5, 0.6) is 0 Å². The first-order valence-corrected chi connectivity index (χ1v) is 11.9. The highest BCUT2D eigenvalue weighted by molar-refractivity contribution is 5.86. The summed E-state index contributed by atoms with van der Waals surface area (Å²) in [4.78, 5) is 0. The number of benzene rings is 5. The van der Waals surface area contributed by atoms with Gasteiger partial charge in [0.1, 0.15) is 0 Å². The first kappa shape index (κ1) is 20.9. The first-order chi connectivity index (χ1) is 16.7. The molecule has 0 bridgehead atoms. The first-order valence-electron chi connectivity index (χ1n) is 11.9. The normalized spacial score (nSPS) is 15.5. The van der Waals surface area contributed by atoms with Gasteiger partial charge in [-0.05, 0) is 51.1 Å². The molecular formula is C32H27NO. The van der Waals surface area contributed by atoms with Crippen LogP contribution in [0.1, 0.15) is 35.3 Å². The van der Waals surface area contributed by atoms with Crippen LogP contribution >= 0.6 is 0 Å². The lowest BCUT2D eigenvalue weighted by Gasteiger charge is -2.38. The molecule has 0 aliphatic heterocycles. The molecule has 0 unspecified atom stereocenters. The fourth-order valence-corrected chi connectivity index (χ4v) is 5.67. The van der Waals surface area contributed by atoms with E-state index >= 15 is 0 Å². The largest absolute Gasteiger partial charge is 0.387 e. The Morgan fingerprint density at radius 1 is 0.618 bits per heavy atom. The minimum absolute atomic E-state index is 0.217. The molecule has 2 atom stereocenters. The monoisotopic (exact) mass is 441 g/mol. The van der Waals surface area contributed by atoms with Crippen LogP contribution in [0.3, 0.4) is 0 Å². The lowest BCUT2D eigenvalue weighted by atomic mass is 9.79. The summed E-state index contributed by atoms with van der Waals surface area (Å²) in [5.41, 5.74) is 6.48. The van der Waals surface area contributed by atoms with Gasteiger partial charge in [0, 0.05) is 6.04 Å². The minimum Gasteiger partial charge on any atom is -0.387 e. The molecule has 0 radical (unpaired) electrons. The number of aliphatic hydroxyl groups excluding tert-OH is 1. The maximum atomic E-state index is 11.6. The van der Waals surface area contributed by atoms with Gasteiger partial charge in [-0.3, -0.25) is 5.32 Å². The number of rotatable bonds is 5. The fourth-order valence-electron chi connectivity index (χ4n) is 5.67. The maximum absolute atomic E-state index is 11.6. The van der Waals surface area contributed by atoms with Crippen LogP contribution in [0.25, 0.3) is 21.9 Å². The van der Waals surface area contributed by atoms with Gasteiger partial charge in [0.15, 0.2) is 0 Å². The van der Waals surface area contributed by atoms with Gasteiger partial charge in [-0.2, -0.15) is 0 Å². The second-order valence-corrected chi connectivity index (χ2v) is 9.15. The summed E-state index contributed by atoms with van der Waals surface area (Å²) in [6, 6.07) is 42.1. The molecule has 0 aromatic heterocycles. The van der Waals surface area contributed by atoms with Gasteiger partial charge in [-0.25, -0.2) is 0 Å². The zero-order chi connectivity index (χ0) is 23.1. The van der Waals surface area contributed by atoms with Gasteiger partial charge in [0.25, 0.3) is 0 Å². The molecule has 1 aliphatic carbocycles. The summed E-state index contributed by atoms with van der Waals surface area (Å²) < 4.78 is 0. The van der Waals surface area contributed by atoms with Crippen molar-refractivity contribution < 1.29 is 5.11 Å². The molecule has 166 valence electrons. The number of aliphatic hydroxyl groups is 1. The second-order valence-electron chi connectivity index (χ2n) is 9.15. The third-order valence-corrected chi connectivity index (χ3v) is 7.22. The summed E-state index contributed by atoms with van der Waals surface area (Å²) in [6.45, 7) is 2.08. The molecule has 6 rings (SSSR count). The highest BCUT2D eigenvalue weighted by Gasteiger charge is 2.45. The molecule has 34 heavy (non-hydrogen) atoms. The highest BCUT2D eigenvalue weighted by atomic mass is 16.3. The molecule has 0 spiro atoms. The Balaban J connectivity index is 1.51. The Hall–Kier alpha value is -3.72. The zero-order valence-corrected chi connectivity index (χ0v) is 19.1. The van der Waals surface area contributed by atoms with Crippen molar-refractivity contribution >= 4 is 10.8 Å². The van der Waals surface area contributed by atoms with E-state index in [0.29, 0.717) is 0 Å². The molecule has 2 N–H and O–H groups in total. The van der Waals surface area contributed by atoms with Crippen LogP contribution in [-0.2, 0) is 5.54 Å². The maximum Gasteiger partial charge on any atom is 0.0963 e. The molecule has 0 saturated carbocycles. The molecule has 1 aliphatic rings. The van der Waals surface area contributed by atoms with Gasteiger partial charge < -0.3 is 5.11 Å². The predicted octanol–water partition coefficient (Wildman–Crippen LogP) is 6.82. The Bertz CT molecular complexity index is 1420. The lowest BCUT2D eigenvalue weighted by Crippen LogP contribution is -2.49. The van der Waals surface area contributed by atoms with Crippen LogP contribution in [0.2, 0.25) is 0 Å². The third kappa shape index (κ3) is 3.11. The molecule has 5 aromatic rings. The molecule has 0 fully saturated rings. The van der Waals surface area contributed by atoms with E-state index in [2.05, 4.69) is 109 Å². The number of hydrogen-bond acceptors (Lipinski definition) is 2. The van der Waals surface area contributed by atoms with Crippen molar-refractivity contribution in [2.45, 2.75) is 24.6 Å². The molecule has 0 saturated heterocycles. The summed E-state index contributed by atoms with van der Waals surface area (Å²) in [6.07, 6.45) is -0.674. The van der Waals surface area contributed by atoms with Crippen molar-refractivity contribution in [3.63, 3.8) is 0 Å². The summed E-state index contributed by atoms with van der Waals surface area (Å²) >= 11 is 0. The molecule has 2 heteroatoms. The van der Waals surface area contributed by atoms with Gasteiger partial charge in [0.05, 0.1) is 11.6 Å². The highest BCUT2D eigenvalue weighted by Crippen LogP contribution is 2.51. The number of fused-ring (bicyclic) bond motifs is 4. The van der Waals surface area contributed by atoms with Crippen molar-refractivity contribution in [2.75, 3.05) is 0 Å². The van der Waals surface area contributed by atoms with E-state index in [0.717, 1.165) is 16.3 Å². The van der Waals surface area contributed by atoms with Crippen LogP contribution in [0.4, 0.5) is 0 Å². The van der Waals surface area contributed by atoms with Crippen molar-refractivity contribution in [3.05, 3.63) is 144 Å². The molecule has 5 aromatic carbocycles. The summed E-state index contributed by atoms with van der Waals surface area (Å²) in [7, 11) is 0. The van der Waals surface area contributed by atoms with E-state index in [-0.39, 0.29) is 6.04 Å². The third-order valence-electron chi connectivity index (χ3n) is 7.22. The van der Waals surface area contributed by atoms with Crippen molar-refractivity contribution in [1.29, 1.82) is 0 Å². The van der Waals surface area contributed by atoms with Crippen molar-refractivity contribution in [1.82, 2.24) is 5.32 Å². The second kappa shape index (κ2) is 8.25. The molecular weight excluding hydrogens is 414 g/mol. The number of nitrogens with one attached hydrogen (secondary N) is 1. The number of hydrogen-bond donors (Lipinski definition) is 2. The minimum atomic E-state index is -0.674. The summed E-state index contributed by atoms with van der Waals surface area (Å²) in [5.74, 6) is 0. The van der Waals surface area contributed by atoms with E-state index in [4.69, 9.17) is 0 Å². The summed E-state index contributed by atoms with van der Waals surface area (Å²) in [5, 5.41) is 17.8. The average Bonchev–Trinajstić information content (AvgIpc) is 3.19. The smallest absolute Gasteiger partial charge is 0.0963 e. The van der Waals surface area contributed by atoms with Gasteiger partial charge >= 0.3 is 0 Å². The van der Waals surface area contributed by atoms with Crippen molar-refractivity contribution in [3.8, 4) is 11.1 Å². The van der Waals surface area contributed by atoms with Crippen LogP contribution in [0.15, 0.2) is 121 Å². The van der Waals surface area contributed by atoms with E-state index in [1.165, 1.54) is 27.8 Å².